The molecular formula is C16H20N2O3. The summed E-state index contributed by atoms with van der Waals surface area (Å²) in [5, 5.41) is 12.4. The molecule has 5 nitrogen and oxygen atoms in total. The van der Waals surface area contributed by atoms with Crippen LogP contribution in [-0.2, 0) is 9.59 Å². The van der Waals surface area contributed by atoms with E-state index in [1.807, 2.05) is 24.3 Å². The van der Waals surface area contributed by atoms with Crippen molar-refractivity contribution < 1.29 is 14.7 Å². The second kappa shape index (κ2) is 5.85. The zero-order valence-corrected chi connectivity index (χ0v) is 11.9. The number of aliphatic carboxylic acids is 1. The fraction of sp³-hybridized carbons (Fsp3) is 0.500. The summed E-state index contributed by atoms with van der Waals surface area (Å²) >= 11 is 0. The third-order valence-corrected chi connectivity index (χ3v) is 4.14. The lowest BCUT2D eigenvalue weighted by Gasteiger charge is -2.18. The minimum Gasteiger partial charge on any atom is -0.481 e. The number of amides is 1. The topological polar surface area (TPSA) is 69.6 Å². The first-order valence-electron chi connectivity index (χ1n) is 7.49. The molecule has 2 aliphatic rings. The second-order valence-corrected chi connectivity index (χ2v) is 5.84. The lowest BCUT2D eigenvalue weighted by Crippen LogP contribution is -2.33. The summed E-state index contributed by atoms with van der Waals surface area (Å²) in [6.07, 6.45) is 2.95. The molecule has 0 radical (unpaired) electrons. The number of nitrogens with zero attached hydrogens (tertiary/aromatic N) is 1. The first-order chi connectivity index (χ1) is 10.1. The highest BCUT2D eigenvalue weighted by molar-refractivity contribution is 5.96. The average molecular weight is 288 g/mol. The predicted molar refractivity (Wildman–Crippen MR) is 79.4 cm³/mol. The van der Waals surface area contributed by atoms with Gasteiger partial charge in [-0.05, 0) is 24.5 Å². The van der Waals surface area contributed by atoms with Gasteiger partial charge in [-0.15, -0.1) is 0 Å². The Morgan fingerprint density at radius 1 is 1.29 bits per heavy atom. The van der Waals surface area contributed by atoms with E-state index in [9.17, 15) is 9.59 Å². The van der Waals surface area contributed by atoms with Gasteiger partial charge in [0, 0.05) is 37.2 Å². The van der Waals surface area contributed by atoms with Gasteiger partial charge in [0.15, 0.2) is 0 Å². The fourth-order valence-electron chi connectivity index (χ4n) is 2.92. The van der Waals surface area contributed by atoms with Gasteiger partial charge in [0.25, 0.3) is 0 Å². The Hall–Kier alpha value is -1.88. The molecule has 1 saturated carbocycles. The van der Waals surface area contributed by atoms with E-state index in [0.29, 0.717) is 25.6 Å². The van der Waals surface area contributed by atoms with Gasteiger partial charge in [-0.1, -0.05) is 18.2 Å². The maximum Gasteiger partial charge on any atom is 0.304 e. The van der Waals surface area contributed by atoms with Crippen molar-refractivity contribution in [3.8, 4) is 0 Å². The zero-order chi connectivity index (χ0) is 14.8. The Bertz CT molecular complexity index is 554. The molecule has 1 aliphatic carbocycles. The Morgan fingerprint density at radius 3 is 2.76 bits per heavy atom. The van der Waals surface area contributed by atoms with Gasteiger partial charge in [-0.25, -0.2) is 0 Å². The molecule has 0 aromatic heterocycles. The summed E-state index contributed by atoms with van der Waals surface area (Å²) in [7, 11) is 0. The standard InChI is InChI=1S/C16H20N2O3/c19-15(7-8-17-12-5-6-12)18-10-11(9-16(20)21)13-3-1-2-4-14(13)18/h1-4,11-12,17H,5-10H2,(H,20,21). The number of carboxylic acid groups (broad SMARTS) is 1. The minimum atomic E-state index is -0.820. The molecular weight excluding hydrogens is 268 g/mol. The molecule has 112 valence electrons. The second-order valence-electron chi connectivity index (χ2n) is 5.84. The lowest BCUT2D eigenvalue weighted by molar-refractivity contribution is -0.137. The minimum absolute atomic E-state index is 0.0706. The van der Waals surface area contributed by atoms with Gasteiger partial charge in [-0.3, -0.25) is 9.59 Å². The molecule has 1 aromatic carbocycles. The van der Waals surface area contributed by atoms with Crippen LogP contribution in [0, 0.1) is 0 Å². The highest BCUT2D eigenvalue weighted by Crippen LogP contribution is 2.38. The molecule has 3 rings (SSSR count). The number of nitrogens with one attached hydrogen (secondary N) is 1. The quantitative estimate of drug-likeness (QED) is 0.836. The molecule has 1 heterocycles. The Morgan fingerprint density at radius 2 is 2.05 bits per heavy atom. The summed E-state index contributed by atoms with van der Waals surface area (Å²) < 4.78 is 0. The number of rotatable bonds is 6. The Balaban J connectivity index is 1.67. The maximum absolute atomic E-state index is 12.4. The van der Waals surface area contributed by atoms with Gasteiger partial charge < -0.3 is 15.3 Å². The van der Waals surface area contributed by atoms with Gasteiger partial charge in [0.1, 0.15) is 0 Å². The SMILES string of the molecule is O=C(O)CC1CN(C(=O)CCNC2CC2)c2ccccc21. The lowest BCUT2D eigenvalue weighted by atomic mass is 9.98. The van der Waals surface area contributed by atoms with Crippen molar-refractivity contribution in [3.05, 3.63) is 29.8 Å². The van der Waals surface area contributed by atoms with Crippen LogP contribution in [0.15, 0.2) is 24.3 Å². The van der Waals surface area contributed by atoms with Gasteiger partial charge >= 0.3 is 5.97 Å². The van der Waals surface area contributed by atoms with E-state index in [-0.39, 0.29) is 18.2 Å². The van der Waals surface area contributed by atoms with Crippen LogP contribution >= 0.6 is 0 Å². The van der Waals surface area contributed by atoms with Crippen LogP contribution in [0.3, 0.4) is 0 Å². The third-order valence-electron chi connectivity index (χ3n) is 4.14. The van der Waals surface area contributed by atoms with E-state index in [2.05, 4.69) is 5.32 Å². The number of carbonyl (C=O) groups is 2. The van der Waals surface area contributed by atoms with E-state index in [1.165, 1.54) is 12.8 Å². The van der Waals surface area contributed by atoms with Crippen LogP contribution < -0.4 is 10.2 Å². The van der Waals surface area contributed by atoms with Crippen molar-refractivity contribution in [1.82, 2.24) is 5.32 Å². The zero-order valence-electron chi connectivity index (χ0n) is 11.9. The van der Waals surface area contributed by atoms with E-state index in [1.54, 1.807) is 4.90 Å². The summed E-state index contributed by atoms with van der Waals surface area (Å²) in [5.41, 5.74) is 1.85. The molecule has 2 N–H and O–H groups in total. The molecule has 1 aliphatic heterocycles. The van der Waals surface area contributed by atoms with Crippen LogP contribution in [0.1, 0.15) is 37.2 Å². The number of hydrogen-bond acceptors (Lipinski definition) is 3. The van der Waals surface area contributed by atoms with Crippen molar-refractivity contribution in [2.24, 2.45) is 0 Å². The number of anilines is 1. The summed E-state index contributed by atoms with van der Waals surface area (Å²) in [4.78, 5) is 25.1. The highest BCUT2D eigenvalue weighted by Gasteiger charge is 2.33. The van der Waals surface area contributed by atoms with Crippen molar-refractivity contribution >= 4 is 17.6 Å². The van der Waals surface area contributed by atoms with Crippen molar-refractivity contribution in [3.63, 3.8) is 0 Å². The van der Waals surface area contributed by atoms with E-state index >= 15 is 0 Å². The number of fused-ring (bicyclic) bond motifs is 1. The van der Waals surface area contributed by atoms with E-state index < -0.39 is 5.97 Å². The molecule has 0 spiro atoms. The first-order valence-corrected chi connectivity index (χ1v) is 7.49. The van der Waals surface area contributed by atoms with Gasteiger partial charge in [0.2, 0.25) is 5.91 Å². The highest BCUT2D eigenvalue weighted by atomic mass is 16.4. The molecule has 1 aromatic rings. The first kappa shape index (κ1) is 14.1. The van der Waals surface area contributed by atoms with E-state index in [0.717, 1.165) is 11.3 Å². The maximum atomic E-state index is 12.4. The molecule has 1 fully saturated rings. The monoisotopic (exact) mass is 288 g/mol. The summed E-state index contributed by atoms with van der Waals surface area (Å²) in [5.74, 6) is -0.845. The molecule has 5 heteroatoms. The van der Waals surface area contributed by atoms with Crippen molar-refractivity contribution in [2.75, 3.05) is 18.0 Å². The summed E-state index contributed by atoms with van der Waals surface area (Å²) in [6, 6.07) is 8.23. The fourth-order valence-corrected chi connectivity index (χ4v) is 2.92. The van der Waals surface area contributed by atoms with Crippen LogP contribution in [0.4, 0.5) is 5.69 Å². The number of carbonyl (C=O) groups excluding carboxylic acids is 1. The number of carboxylic acids is 1. The molecule has 1 unspecified atom stereocenters. The Labute approximate surface area is 123 Å². The van der Waals surface area contributed by atoms with Gasteiger partial charge in [0.05, 0.1) is 6.42 Å². The van der Waals surface area contributed by atoms with E-state index in [4.69, 9.17) is 5.11 Å². The Kier molecular flexibility index (Phi) is 3.92. The molecule has 1 amide bonds. The number of benzene rings is 1. The van der Waals surface area contributed by atoms with Crippen LogP contribution in [-0.4, -0.2) is 36.1 Å². The summed E-state index contributed by atoms with van der Waals surface area (Å²) in [6.45, 7) is 1.18. The molecule has 0 saturated heterocycles. The largest absolute Gasteiger partial charge is 0.481 e. The van der Waals surface area contributed by atoms with Crippen LogP contribution in [0.2, 0.25) is 0 Å². The normalized spacial score (nSPS) is 20.4. The predicted octanol–water partition coefficient (Wildman–Crippen LogP) is 1.73. The molecule has 0 bridgehead atoms. The average Bonchev–Trinajstić information content (AvgIpc) is 3.21. The molecule has 1 atom stereocenters. The third kappa shape index (κ3) is 3.24. The van der Waals surface area contributed by atoms with Crippen molar-refractivity contribution in [1.29, 1.82) is 0 Å². The van der Waals surface area contributed by atoms with Crippen LogP contribution in [0.5, 0.6) is 0 Å². The number of hydrogen-bond donors (Lipinski definition) is 2. The van der Waals surface area contributed by atoms with Gasteiger partial charge in [-0.2, -0.15) is 0 Å². The molecule has 21 heavy (non-hydrogen) atoms. The smallest absolute Gasteiger partial charge is 0.304 e. The number of para-hydroxylation sites is 1. The van der Waals surface area contributed by atoms with Crippen LogP contribution in [0.25, 0.3) is 0 Å². The van der Waals surface area contributed by atoms with Crippen molar-refractivity contribution in [2.45, 2.75) is 37.6 Å².